The summed E-state index contributed by atoms with van der Waals surface area (Å²) < 4.78 is 36.8. The maximum atomic E-state index is 12.3. The van der Waals surface area contributed by atoms with Crippen molar-refractivity contribution in [2.75, 3.05) is 0 Å². The smallest absolute Gasteiger partial charge is 0.170 e. The summed E-state index contributed by atoms with van der Waals surface area (Å²) in [5, 5.41) is 0. The number of hydrogen-bond acceptors (Lipinski definition) is 0. The van der Waals surface area contributed by atoms with Crippen molar-refractivity contribution >= 4 is 0 Å². The van der Waals surface area contributed by atoms with Crippen LogP contribution in [0.15, 0.2) is 0 Å². The van der Waals surface area contributed by atoms with Gasteiger partial charge in [0.1, 0.15) is 0 Å². The van der Waals surface area contributed by atoms with Crippen molar-refractivity contribution in [3.05, 3.63) is 5.92 Å². The summed E-state index contributed by atoms with van der Waals surface area (Å²) in [5.74, 6) is 0.185. The predicted molar refractivity (Wildman–Crippen MR) is 41.5 cm³/mol. The molecular weight excluding hydrogens is 165 g/mol. The molecule has 0 heterocycles. The van der Waals surface area contributed by atoms with Gasteiger partial charge < -0.3 is 0 Å². The molecule has 0 spiro atoms. The zero-order chi connectivity index (χ0) is 9.35. The maximum Gasteiger partial charge on any atom is 0.395 e. The maximum absolute atomic E-state index is 12.3. The highest BCUT2D eigenvalue weighted by molar-refractivity contribution is 5.02. The average Bonchev–Trinajstić information content (AvgIpc) is 1.82. The molecule has 0 aromatic rings. The lowest BCUT2D eigenvalue weighted by molar-refractivity contribution is -0.125. The fraction of sp³-hybridized carbons (Fsp3) is 0.889. The first kappa shape index (κ1) is 9.87. The first-order valence-electron chi connectivity index (χ1n) is 4.31. The van der Waals surface area contributed by atoms with Gasteiger partial charge in [0.2, 0.25) is 0 Å². The molecule has 0 N–H and O–H groups in total. The Labute approximate surface area is 71.1 Å². The van der Waals surface area contributed by atoms with Gasteiger partial charge in [-0.25, -0.2) is 0 Å². The second-order valence-corrected chi connectivity index (χ2v) is 3.96. The molecule has 3 heteroatoms. The quantitative estimate of drug-likeness (QED) is 0.533. The first-order valence-corrected chi connectivity index (χ1v) is 4.31. The SMILES string of the molecule is CC1C[C](C(F)(F)F)CC(C)C1. The minimum atomic E-state index is -4.05. The van der Waals surface area contributed by atoms with Crippen LogP contribution in [0.2, 0.25) is 0 Å². The van der Waals surface area contributed by atoms with Crippen molar-refractivity contribution in [1.29, 1.82) is 0 Å². The summed E-state index contributed by atoms with van der Waals surface area (Å²) >= 11 is 0. The molecule has 0 aliphatic heterocycles. The van der Waals surface area contributed by atoms with E-state index in [0.717, 1.165) is 6.42 Å². The molecule has 1 fully saturated rings. The largest absolute Gasteiger partial charge is 0.395 e. The van der Waals surface area contributed by atoms with Crippen molar-refractivity contribution < 1.29 is 13.2 Å². The summed E-state index contributed by atoms with van der Waals surface area (Å²) in [5.41, 5.74) is 0. The molecule has 0 aromatic heterocycles. The Balaban J connectivity index is 2.55. The van der Waals surface area contributed by atoms with E-state index in [0.29, 0.717) is 0 Å². The van der Waals surface area contributed by atoms with E-state index < -0.39 is 6.18 Å². The fourth-order valence-electron chi connectivity index (χ4n) is 2.01. The summed E-state index contributed by atoms with van der Waals surface area (Å²) in [6.07, 6.45) is -2.63. The molecular formula is C9H14F3. The van der Waals surface area contributed by atoms with Crippen LogP contribution in [0.5, 0.6) is 0 Å². The van der Waals surface area contributed by atoms with Gasteiger partial charge in [0.15, 0.2) is 0 Å². The third kappa shape index (κ3) is 2.39. The topological polar surface area (TPSA) is 0 Å². The minimum absolute atomic E-state index is 0.199. The van der Waals surface area contributed by atoms with Crippen LogP contribution < -0.4 is 0 Å². The standard InChI is InChI=1S/C9H14F3/c1-6-3-7(2)5-8(4-6)9(10,11)12/h6-7H,3-5H2,1-2H3. The highest BCUT2D eigenvalue weighted by atomic mass is 19.4. The molecule has 1 rings (SSSR count). The van der Waals surface area contributed by atoms with E-state index in [1.165, 1.54) is 0 Å². The van der Waals surface area contributed by atoms with Crippen LogP contribution in [-0.2, 0) is 0 Å². The molecule has 1 aliphatic rings. The van der Waals surface area contributed by atoms with Gasteiger partial charge in [-0.15, -0.1) is 0 Å². The zero-order valence-corrected chi connectivity index (χ0v) is 7.41. The van der Waals surface area contributed by atoms with Crippen molar-refractivity contribution in [2.24, 2.45) is 11.8 Å². The van der Waals surface area contributed by atoms with Crippen molar-refractivity contribution in [3.63, 3.8) is 0 Å². The van der Waals surface area contributed by atoms with E-state index in [1.807, 2.05) is 13.8 Å². The van der Waals surface area contributed by atoms with Gasteiger partial charge in [-0.05, 0) is 31.1 Å². The predicted octanol–water partition coefficient (Wildman–Crippen LogP) is 3.58. The number of hydrogen-bond donors (Lipinski definition) is 0. The lowest BCUT2D eigenvalue weighted by Crippen LogP contribution is -2.29. The lowest BCUT2D eigenvalue weighted by atomic mass is 9.76. The van der Waals surface area contributed by atoms with Gasteiger partial charge in [0, 0.05) is 0 Å². The minimum Gasteiger partial charge on any atom is -0.170 e. The van der Waals surface area contributed by atoms with Crippen LogP contribution in [0.4, 0.5) is 13.2 Å². The Morgan fingerprint density at radius 3 is 1.83 bits per heavy atom. The van der Waals surface area contributed by atoms with Crippen LogP contribution in [0.25, 0.3) is 0 Å². The van der Waals surface area contributed by atoms with E-state index in [-0.39, 0.29) is 30.6 Å². The van der Waals surface area contributed by atoms with Crippen molar-refractivity contribution in [1.82, 2.24) is 0 Å². The Hall–Kier alpha value is -0.210. The zero-order valence-electron chi connectivity index (χ0n) is 7.41. The Morgan fingerprint density at radius 2 is 1.50 bits per heavy atom. The van der Waals surface area contributed by atoms with Crippen molar-refractivity contribution in [2.45, 2.75) is 39.3 Å². The third-order valence-corrected chi connectivity index (χ3v) is 2.40. The third-order valence-electron chi connectivity index (χ3n) is 2.40. The van der Waals surface area contributed by atoms with Crippen LogP contribution >= 0.6 is 0 Å². The summed E-state index contributed by atoms with van der Waals surface area (Å²) in [6, 6.07) is 0. The second kappa shape index (κ2) is 3.27. The van der Waals surface area contributed by atoms with E-state index in [4.69, 9.17) is 0 Å². The fourth-order valence-corrected chi connectivity index (χ4v) is 2.01. The normalized spacial score (nSPS) is 33.8. The summed E-state index contributed by atoms with van der Waals surface area (Å²) in [4.78, 5) is 0. The molecule has 2 unspecified atom stereocenters. The number of halogens is 3. The Morgan fingerprint density at radius 1 is 1.08 bits per heavy atom. The van der Waals surface area contributed by atoms with Gasteiger partial charge >= 0.3 is 6.18 Å². The molecule has 0 nitrogen and oxygen atoms in total. The highest BCUT2D eigenvalue weighted by Crippen LogP contribution is 2.43. The molecule has 0 amide bonds. The molecule has 1 saturated carbocycles. The molecule has 1 radical (unpaired) electrons. The van der Waals surface area contributed by atoms with Gasteiger partial charge in [0.25, 0.3) is 0 Å². The molecule has 1 aliphatic carbocycles. The molecule has 0 bridgehead atoms. The Kier molecular flexibility index (Phi) is 2.69. The lowest BCUT2D eigenvalue weighted by Gasteiger charge is -2.31. The first-order chi connectivity index (χ1) is 5.39. The Bertz CT molecular complexity index is 140. The average molecular weight is 179 g/mol. The van der Waals surface area contributed by atoms with Gasteiger partial charge in [0.05, 0.1) is 5.92 Å². The van der Waals surface area contributed by atoms with Crippen molar-refractivity contribution in [3.8, 4) is 0 Å². The molecule has 71 valence electrons. The van der Waals surface area contributed by atoms with E-state index in [2.05, 4.69) is 0 Å². The number of rotatable bonds is 0. The van der Waals surface area contributed by atoms with Crippen LogP contribution in [0.3, 0.4) is 0 Å². The monoisotopic (exact) mass is 179 g/mol. The van der Waals surface area contributed by atoms with E-state index >= 15 is 0 Å². The number of alkyl halides is 3. The molecule has 2 atom stereocenters. The van der Waals surface area contributed by atoms with Gasteiger partial charge in [-0.3, -0.25) is 0 Å². The van der Waals surface area contributed by atoms with E-state index in [9.17, 15) is 13.2 Å². The molecule has 0 saturated heterocycles. The second-order valence-electron chi connectivity index (χ2n) is 3.96. The van der Waals surface area contributed by atoms with Gasteiger partial charge in [-0.1, -0.05) is 13.8 Å². The molecule has 12 heavy (non-hydrogen) atoms. The highest BCUT2D eigenvalue weighted by Gasteiger charge is 2.43. The summed E-state index contributed by atoms with van der Waals surface area (Å²) in [6.45, 7) is 3.78. The van der Waals surface area contributed by atoms with E-state index in [1.54, 1.807) is 0 Å². The van der Waals surface area contributed by atoms with Gasteiger partial charge in [-0.2, -0.15) is 13.2 Å². The molecule has 0 aromatic carbocycles. The van der Waals surface area contributed by atoms with Crippen LogP contribution in [0, 0.1) is 17.8 Å². The summed E-state index contributed by atoms with van der Waals surface area (Å²) in [7, 11) is 0. The van der Waals surface area contributed by atoms with Crippen LogP contribution in [-0.4, -0.2) is 6.18 Å². The van der Waals surface area contributed by atoms with Crippen LogP contribution in [0.1, 0.15) is 33.1 Å².